The van der Waals surface area contributed by atoms with Crippen molar-refractivity contribution in [2.75, 3.05) is 26.2 Å². The predicted octanol–water partition coefficient (Wildman–Crippen LogP) is 2.17. The number of nitrogens with one attached hydrogen (secondary N) is 3. The molecule has 0 fully saturated rings. The van der Waals surface area contributed by atoms with Gasteiger partial charge in [-0.1, -0.05) is 25.5 Å². The van der Waals surface area contributed by atoms with Crippen molar-refractivity contribution in [3.05, 3.63) is 29.8 Å². The SMILES string of the molecule is CCCc1ccc(OCC(=O)NCCNC(=O)CCNC(=O)OC(C)(C)C)cc1. The van der Waals surface area contributed by atoms with Gasteiger partial charge in [0.2, 0.25) is 5.91 Å². The van der Waals surface area contributed by atoms with E-state index in [1.165, 1.54) is 5.56 Å². The summed E-state index contributed by atoms with van der Waals surface area (Å²) < 4.78 is 10.5. The van der Waals surface area contributed by atoms with E-state index in [4.69, 9.17) is 9.47 Å². The van der Waals surface area contributed by atoms with Gasteiger partial charge in [0.05, 0.1) is 0 Å². The van der Waals surface area contributed by atoms with Crippen LogP contribution in [0.1, 0.15) is 46.1 Å². The van der Waals surface area contributed by atoms with Crippen LogP contribution in [0.25, 0.3) is 0 Å². The lowest BCUT2D eigenvalue weighted by molar-refractivity contribution is -0.124. The Bertz CT molecular complexity index is 653. The summed E-state index contributed by atoms with van der Waals surface area (Å²) in [5.41, 5.74) is 0.661. The van der Waals surface area contributed by atoms with E-state index in [-0.39, 0.29) is 31.4 Å². The second kappa shape index (κ2) is 12.6. The number of benzene rings is 1. The molecule has 1 rings (SSSR count). The molecule has 0 aromatic heterocycles. The molecular weight excluding hydrogens is 374 g/mol. The maximum absolute atomic E-state index is 11.8. The van der Waals surface area contributed by atoms with E-state index in [1.54, 1.807) is 20.8 Å². The molecule has 1 aromatic carbocycles. The molecule has 0 spiro atoms. The highest BCUT2D eigenvalue weighted by molar-refractivity contribution is 5.78. The minimum atomic E-state index is -0.577. The zero-order valence-corrected chi connectivity index (χ0v) is 17.8. The van der Waals surface area contributed by atoms with Gasteiger partial charge >= 0.3 is 6.09 Å². The number of carbonyl (C=O) groups is 3. The van der Waals surface area contributed by atoms with E-state index in [0.717, 1.165) is 12.8 Å². The Labute approximate surface area is 172 Å². The lowest BCUT2D eigenvalue weighted by Crippen LogP contribution is -2.38. The van der Waals surface area contributed by atoms with Crippen molar-refractivity contribution in [3.63, 3.8) is 0 Å². The Morgan fingerprint density at radius 3 is 2.10 bits per heavy atom. The maximum atomic E-state index is 11.8. The van der Waals surface area contributed by atoms with Crippen LogP contribution in [0.4, 0.5) is 4.79 Å². The third-order valence-corrected chi connectivity index (χ3v) is 3.62. The van der Waals surface area contributed by atoms with Crippen molar-refractivity contribution in [1.29, 1.82) is 0 Å². The molecule has 0 radical (unpaired) electrons. The summed E-state index contributed by atoms with van der Waals surface area (Å²) >= 11 is 0. The van der Waals surface area contributed by atoms with Crippen molar-refractivity contribution in [1.82, 2.24) is 16.0 Å². The minimum Gasteiger partial charge on any atom is -0.484 e. The van der Waals surface area contributed by atoms with E-state index in [0.29, 0.717) is 18.8 Å². The zero-order valence-electron chi connectivity index (χ0n) is 17.8. The molecule has 0 saturated heterocycles. The van der Waals surface area contributed by atoms with Gasteiger partial charge in [-0.2, -0.15) is 0 Å². The number of alkyl carbamates (subject to hydrolysis) is 1. The molecule has 0 bridgehead atoms. The van der Waals surface area contributed by atoms with Crippen LogP contribution in [0.5, 0.6) is 5.75 Å². The lowest BCUT2D eigenvalue weighted by atomic mass is 10.1. The highest BCUT2D eigenvalue weighted by Gasteiger charge is 2.15. The van der Waals surface area contributed by atoms with Gasteiger partial charge in [-0.15, -0.1) is 0 Å². The molecular formula is C21H33N3O5. The summed E-state index contributed by atoms with van der Waals surface area (Å²) in [5.74, 6) is 0.160. The number of hydrogen-bond donors (Lipinski definition) is 3. The quantitative estimate of drug-likeness (QED) is 0.488. The molecule has 8 nitrogen and oxygen atoms in total. The van der Waals surface area contributed by atoms with Gasteiger partial charge in [0.15, 0.2) is 6.61 Å². The molecule has 0 aliphatic carbocycles. The first-order chi connectivity index (χ1) is 13.7. The minimum absolute atomic E-state index is 0.0825. The molecule has 0 aliphatic heterocycles. The first kappa shape index (κ1) is 24.3. The van der Waals surface area contributed by atoms with Crippen LogP contribution in [0.15, 0.2) is 24.3 Å². The summed E-state index contributed by atoms with van der Waals surface area (Å²) in [6, 6.07) is 7.68. The Morgan fingerprint density at radius 2 is 1.52 bits per heavy atom. The van der Waals surface area contributed by atoms with Crippen LogP contribution in [0.2, 0.25) is 0 Å². The highest BCUT2D eigenvalue weighted by atomic mass is 16.6. The van der Waals surface area contributed by atoms with Crippen LogP contribution in [0, 0.1) is 0 Å². The first-order valence-electron chi connectivity index (χ1n) is 9.91. The highest BCUT2D eigenvalue weighted by Crippen LogP contribution is 2.13. The second-order valence-corrected chi connectivity index (χ2v) is 7.56. The standard InChI is InChI=1S/C21H33N3O5/c1-5-6-16-7-9-17(10-8-16)28-15-19(26)23-14-13-22-18(25)11-12-24-20(27)29-21(2,3)4/h7-10H,5-6,11-15H2,1-4H3,(H,22,25)(H,23,26)(H,24,27). The summed E-state index contributed by atoms with van der Waals surface area (Å²) in [6.07, 6.45) is 1.67. The fourth-order valence-corrected chi connectivity index (χ4v) is 2.33. The van der Waals surface area contributed by atoms with E-state index in [9.17, 15) is 14.4 Å². The van der Waals surface area contributed by atoms with Gasteiger partial charge in [0.25, 0.3) is 5.91 Å². The zero-order chi connectivity index (χ0) is 21.7. The molecule has 0 aliphatic rings. The smallest absolute Gasteiger partial charge is 0.407 e. The fraction of sp³-hybridized carbons (Fsp3) is 0.571. The lowest BCUT2D eigenvalue weighted by Gasteiger charge is -2.19. The number of hydrogen-bond acceptors (Lipinski definition) is 5. The van der Waals surface area contributed by atoms with Crippen molar-refractivity contribution in [3.8, 4) is 5.75 Å². The second-order valence-electron chi connectivity index (χ2n) is 7.56. The Kier molecular flexibility index (Phi) is 10.6. The predicted molar refractivity (Wildman–Crippen MR) is 111 cm³/mol. The third-order valence-electron chi connectivity index (χ3n) is 3.62. The van der Waals surface area contributed by atoms with Crippen molar-refractivity contribution >= 4 is 17.9 Å². The topological polar surface area (TPSA) is 106 Å². The van der Waals surface area contributed by atoms with Gasteiger partial charge in [0, 0.05) is 26.1 Å². The molecule has 3 amide bonds. The Morgan fingerprint density at radius 1 is 0.897 bits per heavy atom. The number of amides is 3. The summed E-state index contributed by atoms with van der Waals surface area (Å²) in [4.78, 5) is 34.9. The maximum Gasteiger partial charge on any atom is 0.407 e. The summed E-state index contributed by atoms with van der Waals surface area (Å²) in [6.45, 7) is 8.11. The van der Waals surface area contributed by atoms with Gasteiger partial charge in [-0.05, 0) is 44.9 Å². The van der Waals surface area contributed by atoms with E-state index < -0.39 is 11.7 Å². The molecule has 162 valence electrons. The van der Waals surface area contributed by atoms with Crippen LogP contribution in [-0.2, 0) is 20.7 Å². The summed E-state index contributed by atoms with van der Waals surface area (Å²) in [5, 5.41) is 7.85. The van der Waals surface area contributed by atoms with Crippen LogP contribution < -0.4 is 20.7 Å². The molecule has 1 aromatic rings. The molecule has 0 saturated carbocycles. The van der Waals surface area contributed by atoms with Crippen LogP contribution in [0.3, 0.4) is 0 Å². The van der Waals surface area contributed by atoms with Gasteiger partial charge in [-0.3, -0.25) is 9.59 Å². The largest absolute Gasteiger partial charge is 0.484 e. The number of aryl methyl sites for hydroxylation is 1. The third kappa shape index (κ3) is 12.3. The fourth-order valence-electron chi connectivity index (χ4n) is 2.33. The van der Waals surface area contributed by atoms with Crippen LogP contribution >= 0.6 is 0 Å². The average Bonchev–Trinajstić information content (AvgIpc) is 2.63. The molecule has 0 heterocycles. The van der Waals surface area contributed by atoms with Crippen molar-refractivity contribution < 1.29 is 23.9 Å². The van der Waals surface area contributed by atoms with Gasteiger partial charge in [0.1, 0.15) is 11.4 Å². The molecule has 0 unspecified atom stereocenters. The molecule has 0 atom stereocenters. The van der Waals surface area contributed by atoms with E-state index in [1.807, 2.05) is 24.3 Å². The number of rotatable bonds is 11. The molecule has 8 heteroatoms. The Balaban J connectivity index is 2.09. The number of carbonyl (C=O) groups excluding carboxylic acids is 3. The average molecular weight is 408 g/mol. The van der Waals surface area contributed by atoms with Crippen LogP contribution in [-0.4, -0.2) is 49.7 Å². The number of ether oxygens (including phenoxy) is 2. The monoisotopic (exact) mass is 407 g/mol. The van der Waals surface area contributed by atoms with Gasteiger partial charge < -0.3 is 25.4 Å². The van der Waals surface area contributed by atoms with Gasteiger partial charge in [-0.25, -0.2) is 4.79 Å². The normalized spacial score (nSPS) is 10.8. The van der Waals surface area contributed by atoms with Crippen molar-refractivity contribution in [2.45, 2.75) is 52.6 Å². The first-order valence-corrected chi connectivity index (χ1v) is 9.91. The van der Waals surface area contributed by atoms with E-state index in [2.05, 4.69) is 22.9 Å². The molecule has 29 heavy (non-hydrogen) atoms. The Hall–Kier alpha value is -2.77. The van der Waals surface area contributed by atoms with Crippen molar-refractivity contribution in [2.24, 2.45) is 0 Å². The van der Waals surface area contributed by atoms with E-state index >= 15 is 0 Å². The molecule has 3 N–H and O–H groups in total. The summed E-state index contributed by atoms with van der Waals surface area (Å²) in [7, 11) is 0.